The fourth-order valence-electron chi connectivity index (χ4n) is 4.09. The molecule has 0 unspecified atom stereocenters. The van der Waals surface area contributed by atoms with Crippen molar-refractivity contribution in [1.29, 1.82) is 0 Å². The summed E-state index contributed by atoms with van der Waals surface area (Å²) in [5.74, 6) is -0.183. The molecule has 0 bridgehead atoms. The molecule has 1 N–H and O–H groups in total. The number of allylic oxidation sites excluding steroid dienone is 2. The molecule has 1 fully saturated rings. The van der Waals surface area contributed by atoms with Gasteiger partial charge in [0.2, 0.25) is 5.78 Å². The van der Waals surface area contributed by atoms with E-state index >= 15 is 0 Å². The molecule has 0 radical (unpaired) electrons. The molecule has 1 saturated heterocycles. The van der Waals surface area contributed by atoms with Crippen molar-refractivity contribution >= 4 is 38.6 Å². The van der Waals surface area contributed by atoms with E-state index in [0.29, 0.717) is 29.2 Å². The number of halogens is 1. The first kappa shape index (κ1) is 21.8. The lowest BCUT2D eigenvalue weighted by molar-refractivity contribution is -0.116. The van der Waals surface area contributed by atoms with Crippen LogP contribution in [0.2, 0.25) is 5.02 Å². The summed E-state index contributed by atoms with van der Waals surface area (Å²) in [7, 11) is -2.48. The minimum Gasteiger partial charge on any atom is -0.511 e. The molecular formula is C24H24ClNO4S. The molecule has 1 aliphatic carbocycles. The third kappa shape index (κ3) is 4.46. The van der Waals surface area contributed by atoms with Crippen LogP contribution in [0.4, 0.5) is 5.69 Å². The zero-order valence-corrected chi connectivity index (χ0v) is 18.7. The number of ketones is 2. The molecule has 0 aromatic heterocycles. The van der Waals surface area contributed by atoms with Gasteiger partial charge in [0, 0.05) is 35.5 Å². The SMILES string of the molecule is O=C1CCCC(O)=C1C(=O)c1ccc(-c2ccccc2)c(N=S2(=O)CCCCC2)c1Cl. The minimum absolute atomic E-state index is 0.0679. The van der Waals surface area contributed by atoms with E-state index in [1.54, 1.807) is 12.1 Å². The summed E-state index contributed by atoms with van der Waals surface area (Å²) < 4.78 is 18.0. The molecule has 1 aliphatic heterocycles. The number of hydrogen-bond acceptors (Lipinski definition) is 5. The van der Waals surface area contributed by atoms with E-state index < -0.39 is 15.5 Å². The molecule has 0 saturated carbocycles. The zero-order valence-electron chi connectivity index (χ0n) is 17.1. The van der Waals surface area contributed by atoms with Gasteiger partial charge in [0.15, 0.2) is 5.78 Å². The summed E-state index contributed by atoms with van der Waals surface area (Å²) in [6.07, 6.45) is 3.74. The van der Waals surface area contributed by atoms with Crippen molar-refractivity contribution in [2.24, 2.45) is 4.36 Å². The number of rotatable bonds is 4. The van der Waals surface area contributed by atoms with Crippen molar-refractivity contribution < 1.29 is 18.9 Å². The number of nitrogens with zero attached hydrogens (tertiary/aromatic N) is 1. The Morgan fingerprint density at radius 3 is 2.35 bits per heavy atom. The van der Waals surface area contributed by atoms with Gasteiger partial charge in [-0.25, -0.2) is 4.21 Å². The molecule has 162 valence electrons. The summed E-state index contributed by atoms with van der Waals surface area (Å²) >= 11 is 6.70. The van der Waals surface area contributed by atoms with E-state index in [1.807, 2.05) is 30.3 Å². The topological polar surface area (TPSA) is 83.8 Å². The molecule has 0 atom stereocenters. The monoisotopic (exact) mass is 457 g/mol. The molecule has 5 nitrogen and oxygen atoms in total. The van der Waals surface area contributed by atoms with E-state index in [4.69, 9.17) is 11.6 Å². The van der Waals surface area contributed by atoms with Crippen LogP contribution >= 0.6 is 11.6 Å². The predicted octanol–water partition coefficient (Wildman–Crippen LogP) is 6.04. The standard InChI is InChI=1S/C24H24ClNO4S/c25-22-18(24(29)21-19(27)10-7-11-20(21)28)13-12-17(16-8-3-1-4-9-16)23(22)26-31(30)14-5-2-6-15-31/h1,3-4,8-9,12-13,27H,2,5-7,10-11,14-15H2. The number of hydrogen-bond donors (Lipinski definition) is 1. The molecule has 7 heteroatoms. The Balaban J connectivity index is 1.90. The van der Waals surface area contributed by atoms with Crippen LogP contribution in [0.1, 0.15) is 48.9 Å². The Kier molecular flexibility index (Phi) is 6.30. The highest BCUT2D eigenvalue weighted by atomic mass is 35.5. The van der Waals surface area contributed by atoms with Crippen molar-refractivity contribution in [2.75, 3.05) is 11.5 Å². The Morgan fingerprint density at radius 1 is 0.968 bits per heavy atom. The maximum atomic E-state index is 13.4. The molecule has 31 heavy (non-hydrogen) atoms. The Bertz CT molecular complexity index is 1180. The Morgan fingerprint density at radius 2 is 1.68 bits per heavy atom. The van der Waals surface area contributed by atoms with Crippen molar-refractivity contribution in [3.63, 3.8) is 0 Å². The first-order chi connectivity index (χ1) is 14.9. The van der Waals surface area contributed by atoms with Gasteiger partial charge in [0.25, 0.3) is 0 Å². The van der Waals surface area contributed by atoms with Gasteiger partial charge in [-0.3, -0.25) is 9.59 Å². The van der Waals surface area contributed by atoms with Gasteiger partial charge in [-0.2, -0.15) is 4.36 Å². The van der Waals surface area contributed by atoms with Gasteiger partial charge < -0.3 is 5.11 Å². The molecule has 2 aromatic rings. The maximum Gasteiger partial charge on any atom is 0.201 e. The summed E-state index contributed by atoms with van der Waals surface area (Å²) in [4.78, 5) is 25.5. The fourth-order valence-corrected chi connectivity index (χ4v) is 6.65. The number of benzene rings is 2. The van der Waals surface area contributed by atoms with Crippen molar-refractivity contribution in [3.8, 4) is 11.1 Å². The largest absolute Gasteiger partial charge is 0.511 e. The smallest absolute Gasteiger partial charge is 0.201 e. The van der Waals surface area contributed by atoms with Crippen LogP contribution in [0, 0.1) is 0 Å². The minimum atomic E-state index is -2.48. The van der Waals surface area contributed by atoms with Crippen molar-refractivity contribution in [2.45, 2.75) is 38.5 Å². The second kappa shape index (κ2) is 8.97. The second-order valence-corrected chi connectivity index (χ2v) is 10.9. The van der Waals surface area contributed by atoms with E-state index in [0.717, 1.165) is 24.8 Å². The summed E-state index contributed by atoms with van der Waals surface area (Å²) in [6.45, 7) is 0. The van der Waals surface area contributed by atoms with E-state index in [9.17, 15) is 18.9 Å². The van der Waals surface area contributed by atoms with E-state index in [-0.39, 0.29) is 40.5 Å². The molecule has 1 heterocycles. The van der Waals surface area contributed by atoms with Crippen LogP contribution in [0.25, 0.3) is 11.1 Å². The highest BCUT2D eigenvalue weighted by molar-refractivity contribution is 7.93. The summed E-state index contributed by atoms with van der Waals surface area (Å²) in [5, 5.41) is 10.3. The van der Waals surface area contributed by atoms with Gasteiger partial charge in [-0.05, 0) is 30.9 Å². The highest BCUT2D eigenvalue weighted by Gasteiger charge is 2.30. The number of aliphatic hydroxyl groups is 1. The van der Waals surface area contributed by atoms with Crippen molar-refractivity contribution in [1.82, 2.24) is 0 Å². The van der Waals surface area contributed by atoms with E-state index in [2.05, 4.69) is 4.36 Å². The average molecular weight is 458 g/mol. The lowest BCUT2D eigenvalue weighted by atomic mass is 9.89. The van der Waals surface area contributed by atoms with Gasteiger partial charge in [0.1, 0.15) is 17.0 Å². The average Bonchev–Trinajstić information content (AvgIpc) is 2.76. The fraction of sp³-hybridized carbons (Fsp3) is 0.333. The van der Waals surface area contributed by atoms with Crippen LogP contribution < -0.4 is 0 Å². The second-order valence-electron chi connectivity index (χ2n) is 7.95. The molecule has 0 amide bonds. The quantitative estimate of drug-likeness (QED) is 0.448. The third-order valence-electron chi connectivity index (χ3n) is 5.74. The summed E-state index contributed by atoms with van der Waals surface area (Å²) in [6, 6.07) is 12.8. The van der Waals surface area contributed by atoms with Gasteiger partial charge in [0.05, 0.1) is 14.8 Å². The molecule has 0 spiro atoms. The number of Topliss-reactive ketones (excluding diaryl/α,β-unsaturated/α-hetero) is 2. The zero-order chi connectivity index (χ0) is 22.0. The van der Waals surface area contributed by atoms with E-state index in [1.165, 1.54) is 0 Å². The third-order valence-corrected chi connectivity index (χ3v) is 8.49. The lowest BCUT2D eigenvalue weighted by Crippen LogP contribution is -2.20. The molecule has 4 rings (SSSR count). The first-order valence-electron chi connectivity index (χ1n) is 10.5. The lowest BCUT2D eigenvalue weighted by Gasteiger charge is -2.19. The molecular weight excluding hydrogens is 434 g/mol. The molecule has 2 aromatic carbocycles. The predicted molar refractivity (Wildman–Crippen MR) is 124 cm³/mol. The van der Waals surface area contributed by atoms with Crippen LogP contribution in [-0.2, 0) is 14.5 Å². The van der Waals surface area contributed by atoms with Crippen LogP contribution in [-0.4, -0.2) is 32.4 Å². The normalized spacial score (nSPS) is 18.7. The highest BCUT2D eigenvalue weighted by Crippen LogP contribution is 2.41. The maximum absolute atomic E-state index is 13.4. The number of carbonyl (C=O) groups is 2. The Hall–Kier alpha value is -2.44. The number of carbonyl (C=O) groups excluding carboxylic acids is 2. The van der Waals surface area contributed by atoms with Crippen LogP contribution in [0.15, 0.2) is 58.2 Å². The van der Waals surface area contributed by atoms with Crippen LogP contribution in [0.5, 0.6) is 0 Å². The first-order valence-corrected chi connectivity index (χ1v) is 12.7. The van der Waals surface area contributed by atoms with Crippen LogP contribution in [0.3, 0.4) is 0 Å². The van der Waals surface area contributed by atoms with Crippen molar-refractivity contribution in [3.05, 3.63) is 64.4 Å². The van der Waals surface area contributed by atoms with Gasteiger partial charge in [-0.1, -0.05) is 54.4 Å². The van der Waals surface area contributed by atoms with Gasteiger partial charge in [-0.15, -0.1) is 0 Å². The Labute approximate surface area is 187 Å². The summed E-state index contributed by atoms with van der Waals surface area (Å²) in [5.41, 5.74) is 1.73. The number of aliphatic hydroxyl groups excluding tert-OH is 1. The van der Waals surface area contributed by atoms with Gasteiger partial charge >= 0.3 is 0 Å². The molecule has 2 aliphatic rings.